The van der Waals surface area contributed by atoms with E-state index in [1.165, 1.54) is 0 Å². The minimum absolute atomic E-state index is 0.187. The second kappa shape index (κ2) is 7.84. The standard InChI is InChI=1S/C12H21N3O2/c1-3-4-8-15(9-5-10-16)12-13-7-6-11(14-12)17-2/h6-7,16H,3-5,8-10H2,1-2H3. The molecule has 0 saturated carbocycles. The van der Waals surface area contributed by atoms with Gasteiger partial charge < -0.3 is 14.7 Å². The SMILES string of the molecule is CCCCN(CCCO)c1nccc(OC)n1. The summed E-state index contributed by atoms with van der Waals surface area (Å²) in [4.78, 5) is 10.6. The van der Waals surface area contributed by atoms with Crippen molar-refractivity contribution in [2.75, 3.05) is 31.7 Å². The van der Waals surface area contributed by atoms with Gasteiger partial charge in [0.25, 0.3) is 0 Å². The average molecular weight is 239 g/mol. The van der Waals surface area contributed by atoms with Crippen molar-refractivity contribution in [3.63, 3.8) is 0 Å². The Labute approximate surface area is 102 Å². The van der Waals surface area contributed by atoms with Crippen LogP contribution in [0.15, 0.2) is 12.3 Å². The Kier molecular flexibility index (Phi) is 6.32. The smallest absolute Gasteiger partial charge is 0.228 e. The number of rotatable bonds is 8. The highest BCUT2D eigenvalue weighted by Gasteiger charge is 2.09. The van der Waals surface area contributed by atoms with E-state index in [4.69, 9.17) is 9.84 Å². The van der Waals surface area contributed by atoms with Crippen LogP contribution in [0.1, 0.15) is 26.2 Å². The van der Waals surface area contributed by atoms with E-state index < -0.39 is 0 Å². The highest BCUT2D eigenvalue weighted by molar-refractivity contribution is 5.31. The molecule has 0 aliphatic heterocycles. The van der Waals surface area contributed by atoms with Crippen molar-refractivity contribution in [1.82, 2.24) is 9.97 Å². The molecular weight excluding hydrogens is 218 g/mol. The van der Waals surface area contributed by atoms with Gasteiger partial charge in [-0.05, 0) is 12.8 Å². The number of unbranched alkanes of at least 4 members (excludes halogenated alkanes) is 1. The van der Waals surface area contributed by atoms with Crippen LogP contribution in [-0.2, 0) is 0 Å². The molecule has 5 nitrogen and oxygen atoms in total. The summed E-state index contributed by atoms with van der Waals surface area (Å²) in [7, 11) is 1.59. The quantitative estimate of drug-likeness (QED) is 0.744. The molecule has 0 aliphatic carbocycles. The van der Waals surface area contributed by atoms with Gasteiger partial charge in [0.2, 0.25) is 11.8 Å². The second-order valence-electron chi connectivity index (χ2n) is 3.82. The van der Waals surface area contributed by atoms with E-state index in [0.717, 1.165) is 32.4 Å². The number of nitrogens with zero attached hydrogens (tertiary/aromatic N) is 3. The molecule has 0 atom stereocenters. The maximum Gasteiger partial charge on any atom is 0.228 e. The van der Waals surface area contributed by atoms with Crippen LogP contribution in [-0.4, -0.2) is 41.9 Å². The molecule has 0 spiro atoms. The van der Waals surface area contributed by atoms with Gasteiger partial charge in [-0.15, -0.1) is 0 Å². The van der Waals surface area contributed by atoms with Gasteiger partial charge in [0.05, 0.1) is 7.11 Å². The van der Waals surface area contributed by atoms with E-state index >= 15 is 0 Å². The number of aromatic nitrogens is 2. The van der Waals surface area contributed by atoms with Gasteiger partial charge in [-0.25, -0.2) is 4.98 Å². The van der Waals surface area contributed by atoms with Gasteiger partial charge in [0.15, 0.2) is 0 Å². The molecule has 1 N–H and O–H groups in total. The summed E-state index contributed by atoms with van der Waals surface area (Å²) >= 11 is 0. The zero-order chi connectivity index (χ0) is 12.5. The molecule has 0 bridgehead atoms. The van der Waals surface area contributed by atoms with E-state index in [2.05, 4.69) is 21.8 Å². The first-order valence-corrected chi connectivity index (χ1v) is 6.04. The Morgan fingerprint density at radius 3 is 2.76 bits per heavy atom. The lowest BCUT2D eigenvalue weighted by Gasteiger charge is -2.22. The first-order chi connectivity index (χ1) is 8.31. The molecule has 0 saturated heterocycles. The second-order valence-corrected chi connectivity index (χ2v) is 3.82. The van der Waals surface area contributed by atoms with E-state index in [9.17, 15) is 0 Å². The van der Waals surface area contributed by atoms with Crippen LogP contribution in [0.4, 0.5) is 5.95 Å². The molecule has 0 aromatic carbocycles. The van der Waals surface area contributed by atoms with Gasteiger partial charge in [-0.3, -0.25) is 0 Å². The molecule has 1 heterocycles. The zero-order valence-electron chi connectivity index (χ0n) is 10.6. The summed E-state index contributed by atoms with van der Waals surface area (Å²) < 4.78 is 5.09. The van der Waals surface area contributed by atoms with Crippen LogP contribution in [0.2, 0.25) is 0 Å². The molecule has 1 aromatic heterocycles. The van der Waals surface area contributed by atoms with Crippen molar-refractivity contribution >= 4 is 5.95 Å². The number of anilines is 1. The molecule has 1 aromatic rings. The molecule has 5 heteroatoms. The van der Waals surface area contributed by atoms with Crippen molar-refractivity contribution in [3.05, 3.63) is 12.3 Å². The van der Waals surface area contributed by atoms with Crippen molar-refractivity contribution in [2.24, 2.45) is 0 Å². The third kappa shape index (κ3) is 4.56. The van der Waals surface area contributed by atoms with Crippen molar-refractivity contribution in [1.29, 1.82) is 0 Å². The molecule has 1 rings (SSSR count). The molecule has 0 fully saturated rings. The number of hydrogen-bond acceptors (Lipinski definition) is 5. The summed E-state index contributed by atoms with van der Waals surface area (Å²) in [6.07, 6.45) is 4.63. The minimum Gasteiger partial charge on any atom is -0.481 e. The van der Waals surface area contributed by atoms with E-state index in [1.807, 2.05) is 0 Å². The van der Waals surface area contributed by atoms with Crippen molar-refractivity contribution < 1.29 is 9.84 Å². The van der Waals surface area contributed by atoms with Gasteiger partial charge in [-0.1, -0.05) is 13.3 Å². The van der Waals surface area contributed by atoms with Crippen molar-refractivity contribution in [2.45, 2.75) is 26.2 Å². The fraction of sp³-hybridized carbons (Fsp3) is 0.667. The lowest BCUT2D eigenvalue weighted by molar-refractivity contribution is 0.289. The number of methoxy groups -OCH3 is 1. The van der Waals surface area contributed by atoms with Gasteiger partial charge in [0.1, 0.15) is 0 Å². The number of aliphatic hydroxyl groups excluding tert-OH is 1. The van der Waals surface area contributed by atoms with E-state index in [-0.39, 0.29) is 6.61 Å². The van der Waals surface area contributed by atoms with Gasteiger partial charge in [-0.2, -0.15) is 4.98 Å². The third-order valence-electron chi connectivity index (χ3n) is 2.48. The zero-order valence-corrected chi connectivity index (χ0v) is 10.6. The summed E-state index contributed by atoms with van der Waals surface area (Å²) in [5, 5.41) is 8.90. The van der Waals surface area contributed by atoms with Crippen LogP contribution < -0.4 is 9.64 Å². The molecule has 0 radical (unpaired) electrons. The Balaban J connectivity index is 2.71. The lowest BCUT2D eigenvalue weighted by Crippen LogP contribution is -2.28. The van der Waals surface area contributed by atoms with Crippen LogP contribution in [0, 0.1) is 0 Å². The Hall–Kier alpha value is -1.36. The normalized spacial score (nSPS) is 10.3. The Bertz CT molecular complexity index is 312. The average Bonchev–Trinajstić information content (AvgIpc) is 2.39. The van der Waals surface area contributed by atoms with Crippen LogP contribution >= 0.6 is 0 Å². The molecule has 17 heavy (non-hydrogen) atoms. The third-order valence-corrected chi connectivity index (χ3v) is 2.48. The summed E-state index contributed by atoms with van der Waals surface area (Å²) in [6.45, 7) is 4.01. The number of hydrogen-bond donors (Lipinski definition) is 1. The van der Waals surface area contributed by atoms with Crippen LogP contribution in [0.3, 0.4) is 0 Å². The number of aliphatic hydroxyl groups is 1. The molecule has 0 unspecified atom stereocenters. The monoisotopic (exact) mass is 239 g/mol. The lowest BCUT2D eigenvalue weighted by atomic mass is 10.3. The van der Waals surface area contributed by atoms with Crippen LogP contribution in [0.25, 0.3) is 0 Å². The molecule has 96 valence electrons. The largest absolute Gasteiger partial charge is 0.481 e. The predicted octanol–water partition coefficient (Wildman–Crippen LogP) is 1.47. The maximum absolute atomic E-state index is 8.90. The molecular formula is C12H21N3O2. The first kappa shape index (κ1) is 13.7. The summed E-state index contributed by atoms with van der Waals surface area (Å²) in [5.74, 6) is 1.24. The van der Waals surface area contributed by atoms with E-state index in [1.54, 1.807) is 19.4 Å². The fourth-order valence-corrected chi connectivity index (χ4v) is 1.52. The Morgan fingerprint density at radius 2 is 2.12 bits per heavy atom. The number of ether oxygens (including phenoxy) is 1. The summed E-state index contributed by atoms with van der Waals surface area (Å²) in [6, 6.07) is 1.73. The summed E-state index contributed by atoms with van der Waals surface area (Å²) in [5.41, 5.74) is 0. The van der Waals surface area contributed by atoms with Crippen LogP contribution in [0.5, 0.6) is 5.88 Å². The maximum atomic E-state index is 8.90. The Morgan fingerprint density at radius 1 is 1.35 bits per heavy atom. The molecule has 0 aliphatic rings. The van der Waals surface area contributed by atoms with Gasteiger partial charge >= 0.3 is 0 Å². The van der Waals surface area contributed by atoms with Gasteiger partial charge in [0, 0.05) is 32.0 Å². The fourth-order valence-electron chi connectivity index (χ4n) is 1.52. The van der Waals surface area contributed by atoms with E-state index in [0.29, 0.717) is 11.8 Å². The molecule has 0 amide bonds. The van der Waals surface area contributed by atoms with Crippen molar-refractivity contribution in [3.8, 4) is 5.88 Å². The highest BCUT2D eigenvalue weighted by atomic mass is 16.5. The predicted molar refractivity (Wildman–Crippen MR) is 67.4 cm³/mol. The topological polar surface area (TPSA) is 58.5 Å². The first-order valence-electron chi connectivity index (χ1n) is 6.04. The highest BCUT2D eigenvalue weighted by Crippen LogP contribution is 2.13. The minimum atomic E-state index is 0.187.